The summed E-state index contributed by atoms with van der Waals surface area (Å²) in [5.41, 5.74) is 2.42. The highest BCUT2D eigenvalue weighted by Crippen LogP contribution is 2.28. The monoisotopic (exact) mass is 312 g/mol. The lowest BCUT2D eigenvalue weighted by Crippen LogP contribution is -2.02. The molecular formula is C18H21FN4. The van der Waals surface area contributed by atoms with E-state index in [9.17, 15) is 4.39 Å². The predicted molar refractivity (Wildman–Crippen MR) is 91.5 cm³/mol. The van der Waals surface area contributed by atoms with Crippen molar-refractivity contribution in [3.63, 3.8) is 0 Å². The van der Waals surface area contributed by atoms with E-state index in [-0.39, 0.29) is 5.82 Å². The van der Waals surface area contributed by atoms with Gasteiger partial charge >= 0.3 is 0 Å². The Bertz CT molecular complexity index is 810. The Balaban J connectivity index is 2.00. The van der Waals surface area contributed by atoms with Crippen molar-refractivity contribution >= 4 is 22.4 Å². The maximum absolute atomic E-state index is 14.1. The van der Waals surface area contributed by atoms with Crippen LogP contribution in [0.15, 0.2) is 36.9 Å². The highest BCUT2D eigenvalue weighted by Gasteiger charge is 2.12. The molecule has 3 aromatic rings. The average Bonchev–Trinajstić information content (AvgIpc) is 2.99. The molecular weight excluding hydrogens is 291 g/mol. The molecule has 0 atom stereocenters. The van der Waals surface area contributed by atoms with Gasteiger partial charge in [0.25, 0.3) is 0 Å². The second kappa shape index (κ2) is 6.77. The molecule has 0 aliphatic rings. The Labute approximate surface area is 135 Å². The number of fused-ring (bicyclic) bond motifs is 1. The molecule has 1 N–H and O–H groups in total. The molecule has 0 saturated heterocycles. The summed E-state index contributed by atoms with van der Waals surface area (Å²) in [6.45, 7) is 5.14. The maximum atomic E-state index is 14.1. The van der Waals surface area contributed by atoms with Gasteiger partial charge in [-0.25, -0.2) is 9.37 Å². The minimum atomic E-state index is -0.353. The third kappa shape index (κ3) is 3.04. The molecule has 0 amide bonds. The minimum Gasteiger partial charge on any atom is -0.347 e. The number of nitrogens with one attached hydrogen (secondary N) is 1. The van der Waals surface area contributed by atoms with E-state index in [2.05, 4.69) is 33.0 Å². The van der Waals surface area contributed by atoms with Crippen molar-refractivity contribution in [1.82, 2.24) is 14.5 Å². The van der Waals surface area contributed by atoms with Crippen molar-refractivity contribution in [2.24, 2.45) is 0 Å². The van der Waals surface area contributed by atoms with Crippen LogP contribution in [0.3, 0.4) is 0 Å². The van der Waals surface area contributed by atoms with Crippen molar-refractivity contribution < 1.29 is 4.39 Å². The number of halogens is 1. The molecule has 0 fully saturated rings. The smallest absolute Gasteiger partial charge is 0.165 e. The first kappa shape index (κ1) is 15.5. The van der Waals surface area contributed by atoms with Crippen LogP contribution in [-0.2, 0) is 13.0 Å². The van der Waals surface area contributed by atoms with Gasteiger partial charge in [0.2, 0.25) is 0 Å². The van der Waals surface area contributed by atoms with Crippen molar-refractivity contribution in [3.8, 4) is 0 Å². The Hall–Kier alpha value is -2.43. The number of anilines is 2. The van der Waals surface area contributed by atoms with Crippen LogP contribution >= 0.6 is 0 Å². The Morgan fingerprint density at radius 1 is 1.22 bits per heavy atom. The van der Waals surface area contributed by atoms with E-state index in [0.717, 1.165) is 35.9 Å². The third-order valence-electron chi connectivity index (χ3n) is 4.05. The summed E-state index contributed by atoms with van der Waals surface area (Å²) in [4.78, 5) is 8.32. The van der Waals surface area contributed by atoms with Gasteiger partial charge in [0.1, 0.15) is 5.82 Å². The summed E-state index contributed by atoms with van der Waals surface area (Å²) in [7, 11) is 0. The zero-order chi connectivity index (χ0) is 16.2. The molecule has 3 heterocycles. The van der Waals surface area contributed by atoms with Gasteiger partial charge in [-0.2, -0.15) is 0 Å². The summed E-state index contributed by atoms with van der Waals surface area (Å²) in [5.74, 6) is 0.325. The first-order chi connectivity index (χ1) is 11.2. The average molecular weight is 312 g/mol. The van der Waals surface area contributed by atoms with E-state index in [1.165, 1.54) is 6.20 Å². The molecule has 120 valence electrons. The lowest BCUT2D eigenvalue weighted by Gasteiger charge is -2.12. The molecule has 0 aliphatic heterocycles. The SMILES string of the molecule is CCCCn1ccc2c(Nc3c(F)cncc3CC)nccc21. The van der Waals surface area contributed by atoms with E-state index in [4.69, 9.17) is 0 Å². The van der Waals surface area contributed by atoms with E-state index >= 15 is 0 Å². The van der Waals surface area contributed by atoms with Crippen LogP contribution in [0.25, 0.3) is 10.9 Å². The van der Waals surface area contributed by atoms with Crippen LogP contribution in [-0.4, -0.2) is 14.5 Å². The second-order valence-electron chi connectivity index (χ2n) is 5.59. The first-order valence-corrected chi connectivity index (χ1v) is 8.07. The van der Waals surface area contributed by atoms with Gasteiger partial charge in [-0.3, -0.25) is 4.98 Å². The number of unbranched alkanes of at least 4 members (excludes halogenated alkanes) is 1. The van der Waals surface area contributed by atoms with Crippen molar-refractivity contribution in [1.29, 1.82) is 0 Å². The van der Waals surface area contributed by atoms with Crippen LogP contribution in [0.1, 0.15) is 32.3 Å². The molecule has 0 bridgehead atoms. The summed E-state index contributed by atoms with van der Waals surface area (Å²) < 4.78 is 16.4. The fourth-order valence-electron chi connectivity index (χ4n) is 2.75. The molecule has 3 rings (SSSR count). The molecule has 23 heavy (non-hydrogen) atoms. The van der Waals surface area contributed by atoms with Crippen LogP contribution < -0.4 is 5.32 Å². The Morgan fingerprint density at radius 3 is 2.87 bits per heavy atom. The summed E-state index contributed by atoms with van der Waals surface area (Å²) in [5, 5.41) is 4.17. The first-order valence-electron chi connectivity index (χ1n) is 8.07. The number of pyridine rings is 2. The molecule has 0 spiro atoms. The third-order valence-corrected chi connectivity index (χ3v) is 4.05. The zero-order valence-electron chi connectivity index (χ0n) is 13.5. The van der Waals surface area contributed by atoms with Crippen molar-refractivity contribution in [3.05, 3.63) is 48.3 Å². The topological polar surface area (TPSA) is 42.7 Å². The Kier molecular flexibility index (Phi) is 4.55. The quantitative estimate of drug-likeness (QED) is 0.719. The Morgan fingerprint density at radius 2 is 2.09 bits per heavy atom. The van der Waals surface area contributed by atoms with E-state index in [1.807, 2.05) is 19.1 Å². The summed E-state index contributed by atoms with van der Waals surface area (Å²) in [6, 6.07) is 4.03. The van der Waals surface area contributed by atoms with E-state index in [0.29, 0.717) is 17.9 Å². The number of aromatic nitrogens is 3. The number of nitrogens with zero attached hydrogens (tertiary/aromatic N) is 3. The normalized spacial score (nSPS) is 11.1. The van der Waals surface area contributed by atoms with Gasteiger partial charge in [0, 0.05) is 30.5 Å². The van der Waals surface area contributed by atoms with E-state index < -0.39 is 0 Å². The zero-order valence-corrected chi connectivity index (χ0v) is 13.5. The van der Waals surface area contributed by atoms with Gasteiger partial charge < -0.3 is 9.88 Å². The van der Waals surface area contributed by atoms with Crippen molar-refractivity contribution in [2.75, 3.05) is 5.32 Å². The molecule has 0 saturated carbocycles. The number of rotatable bonds is 6. The number of aryl methyl sites for hydroxylation is 2. The maximum Gasteiger partial charge on any atom is 0.165 e. The van der Waals surface area contributed by atoms with Crippen LogP contribution in [0.4, 0.5) is 15.9 Å². The summed E-state index contributed by atoms with van der Waals surface area (Å²) in [6.07, 6.45) is 9.74. The number of hydrogen-bond donors (Lipinski definition) is 1. The highest BCUT2D eigenvalue weighted by atomic mass is 19.1. The molecule has 3 aromatic heterocycles. The van der Waals surface area contributed by atoms with Gasteiger partial charge in [0.15, 0.2) is 5.82 Å². The molecule has 5 heteroatoms. The molecule has 0 radical (unpaired) electrons. The van der Waals surface area contributed by atoms with Gasteiger partial charge in [-0.1, -0.05) is 20.3 Å². The fourth-order valence-corrected chi connectivity index (χ4v) is 2.75. The van der Waals surface area contributed by atoms with Gasteiger partial charge in [-0.15, -0.1) is 0 Å². The predicted octanol–water partition coefficient (Wildman–Crippen LogP) is 4.68. The van der Waals surface area contributed by atoms with Crippen LogP contribution in [0, 0.1) is 5.82 Å². The minimum absolute atomic E-state index is 0.353. The molecule has 0 aliphatic carbocycles. The van der Waals surface area contributed by atoms with Gasteiger partial charge in [-0.05, 0) is 30.5 Å². The highest BCUT2D eigenvalue weighted by molar-refractivity contribution is 5.92. The molecule has 0 aromatic carbocycles. The van der Waals surface area contributed by atoms with E-state index in [1.54, 1.807) is 12.4 Å². The molecule has 0 unspecified atom stereocenters. The van der Waals surface area contributed by atoms with Gasteiger partial charge in [0.05, 0.1) is 17.4 Å². The largest absolute Gasteiger partial charge is 0.347 e. The standard InChI is InChI=1S/C18H21FN4/c1-3-5-9-23-10-7-14-16(23)6-8-21-18(14)22-17-13(4-2)11-20-12-15(17)19/h6-8,10-12H,3-5,9H2,1-2H3,(H,20,21,22). The lowest BCUT2D eigenvalue weighted by atomic mass is 10.1. The fraction of sp³-hybridized carbons (Fsp3) is 0.333. The lowest BCUT2D eigenvalue weighted by molar-refractivity contribution is 0.623. The molecule has 4 nitrogen and oxygen atoms in total. The van der Waals surface area contributed by atoms with Crippen molar-refractivity contribution in [2.45, 2.75) is 39.7 Å². The second-order valence-corrected chi connectivity index (χ2v) is 5.59. The summed E-state index contributed by atoms with van der Waals surface area (Å²) >= 11 is 0. The van der Waals surface area contributed by atoms with Crippen LogP contribution in [0.2, 0.25) is 0 Å². The number of hydrogen-bond acceptors (Lipinski definition) is 3. The van der Waals surface area contributed by atoms with Crippen LogP contribution in [0.5, 0.6) is 0 Å².